The Balaban J connectivity index is 2.72. The van der Waals surface area contributed by atoms with E-state index >= 15 is 0 Å². The summed E-state index contributed by atoms with van der Waals surface area (Å²) in [4.78, 5) is 11.0. The van der Waals surface area contributed by atoms with E-state index in [0.717, 1.165) is 0 Å². The van der Waals surface area contributed by atoms with Crippen molar-refractivity contribution < 1.29 is 9.53 Å². The van der Waals surface area contributed by atoms with Crippen LogP contribution in [0.3, 0.4) is 0 Å². The van der Waals surface area contributed by atoms with Gasteiger partial charge in [-0.3, -0.25) is 0 Å². The normalized spacial score (nSPS) is 23.8. The van der Waals surface area contributed by atoms with Crippen LogP contribution in [-0.4, -0.2) is 16.2 Å². The van der Waals surface area contributed by atoms with Gasteiger partial charge in [-0.2, -0.15) is 0 Å². The van der Waals surface area contributed by atoms with Crippen LogP contribution >= 0.6 is 35.0 Å². The molecular weight excluding hydrogens is 231 g/mol. The molecule has 0 aromatic heterocycles. The quantitative estimate of drug-likeness (QED) is 0.660. The molecule has 0 aromatic carbocycles. The molecule has 0 spiro atoms. The van der Waals surface area contributed by atoms with Crippen molar-refractivity contribution in [2.75, 3.05) is 0 Å². The third-order valence-corrected chi connectivity index (χ3v) is 3.49. The first-order chi connectivity index (χ1) is 5.81. The molecule has 2 nitrogen and oxygen atoms in total. The zero-order chi connectivity index (χ0) is 10.2. The second-order valence-corrected chi connectivity index (χ2v) is 6.30. The number of halogens is 2. The Hall–Kier alpha value is 0.140. The number of cyclic esters (lactones) is 1. The minimum absolute atomic E-state index is 0.00316. The molecule has 0 N–H and O–H groups in total. The van der Waals surface area contributed by atoms with Crippen LogP contribution in [-0.2, 0) is 9.53 Å². The third kappa shape index (κ3) is 2.79. The highest BCUT2D eigenvalue weighted by Gasteiger charge is 2.35. The molecule has 1 rings (SSSR count). The maximum Gasteiger partial charge on any atom is 0.352 e. The van der Waals surface area contributed by atoms with E-state index in [1.54, 1.807) is 0 Å². The van der Waals surface area contributed by atoms with Gasteiger partial charge < -0.3 is 4.74 Å². The zero-order valence-electron chi connectivity index (χ0n) is 7.56. The van der Waals surface area contributed by atoms with Crippen LogP contribution in [0.25, 0.3) is 0 Å². The summed E-state index contributed by atoms with van der Waals surface area (Å²) in [5.41, 5.74) is -0.443. The first-order valence-corrected chi connectivity index (χ1v) is 5.39. The Morgan fingerprint density at radius 2 is 1.92 bits per heavy atom. The first kappa shape index (κ1) is 11.2. The fourth-order valence-corrected chi connectivity index (χ4v) is 2.26. The van der Waals surface area contributed by atoms with E-state index in [4.69, 9.17) is 27.9 Å². The lowest BCUT2D eigenvalue weighted by molar-refractivity contribution is -0.136. The topological polar surface area (TPSA) is 26.3 Å². The van der Waals surface area contributed by atoms with Gasteiger partial charge in [-0.15, -0.1) is 11.8 Å². The number of carbonyl (C=O) groups is 1. The molecule has 1 aliphatic heterocycles. The average molecular weight is 241 g/mol. The molecule has 1 unspecified atom stereocenters. The molecule has 0 aliphatic carbocycles. The Kier molecular flexibility index (Phi) is 3.20. The van der Waals surface area contributed by atoms with E-state index in [1.807, 2.05) is 20.8 Å². The van der Waals surface area contributed by atoms with Crippen molar-refractivity contribution >= 4 is 40.9 Å². The van der Waals surface area contributed by atoms with E-state index in [-0.39, 0.29) is 9.78 Å². The van der Waals surface area contributed by atoms with Crippen LogP contribution < -0.4 is 0 Å². The zero-order valence-corrected chi connectivity index (χ0v) is 9.89. The number of thioether (sulfide) groups is 1. The van der Waals surface area contributed by atoms with Crippen LogP contribution in [0, 0.1) is 0 Å². The Labute approximate surface area is 91.6 Å². The van der Waals surface area contributed by atoms with E-state index in [2.05, 4.69) is 0 Å². The molecule has 1 heterocycles. The molecule has 1 atom stereocenters. The molecule has 74 valence electrons. The molecule has 0 aromatic rings. The van der Waals surface area contributed by atoms with Crippen LogP contribution in [0.4, 0.5) is 0 Å². The summed E-state index contributed by atoms with van der Waals surface area (Å²) < 4.78 is 4.93. The number of ether oxygens (including phenoxy) is 1. The first-order valence-electron chi connectivity index (χ1n) is 3.75. The average Bonchev–Trinajstić information content (AvgIpc) is 2.15. The lowest BCUT2D eigenvalue weighted by Gasteiger charge is -2.21. The van der Waals surface area contributed by atoms with Crippen molar-refractivity contribution in [3.63, 3.8) is 0 Å². The molecule has 0 fully saturated rings. The van der Waals surface area contributed by atoms with Gasteiger partial charge in [0.25, 0.3) is 0 Å². The molecule has 0 saturated carbocycles. The van der Waals surface area contributed by atoms with Gasteiger partial charge in [0.15, 0.2) is 5.44 Å². The van der Waals surface area contributed by atoms with Gasteiger partial charge in [-0.05, 0) is 0 Å². The van der Waals surface area contributed by atoms with Crippen molar-refractivity contribution in [2.45, 2.75) is 31.0 Å². The van der Waals surface area contributed by atoms with Crippen LogP contribution in [0.2, 0.25) is 0 Å². The monoisotopic (exact) mass is 240 g/mol. The molecule has 0 bridgehead atoms. The minimum Gasteiger partial charge on any atom is -0.441 e. The summed E-state index contributed by atoms with van der Waals surface area (Å²) in [7, 11) is 0. The molecule has 13 heavy (non-hydrogen) atoms. The van der Waals surface area contributed by atoms with E-state index in [0.29, 0.717) is 5.03 Å². The second kappa shape index (κ2) is 3.71. The van der Waals surface area contributed by atoms with Gasteiger partial charge in [0, 0.05) is 4.75 Å². The fourth-order valence-electron chi connectivity index (χ4n) is 0.799. The number of hydrogen-bond acceptors (Lipinski definition) is 3. The number of rotatable bonds is 1. The molecule has 5 heteroatoms. The molecule has 0 amide bonds. The summed E-state index contributed by atoms with van der Waals surface area (Å²) in [6.45, 7) is 6.05. The SMILES string of the molecule is CC(C)(C)SC1OC(=O)C(Cl)=C1Cl. The second-order valence-electron chi connectivity index (χ2n) is 3.63. The van der Waals surface area contributed by atoms with Crippen molar-refractivity contribution in [2.24, 2.45) is 0 Å². The van der Waals surface area contributed by atoms with Gasteiger partial charge >= 0.3 is 5.97 Å². The van der Waals surface area contributed by atoms with Crippen molar-refractivity contribution in [1.82, 2.24) is 0 Å². The third-order valence-electron chi connectivity index (χ3n) is 1.27. The number of carbonyl (C=O) groups excluding carboxylic acids is 1. The number of esters is 1. The van der Waals surface area contributed by atoms with Gasteiger partial charge in [-0.1, -0.05) is 44.0 Å². The summed E-state index contributed by atoms with van der Waals surface area (Å²) in [6.07, 6.45) is 0. The fraction of sp³-hybridized carbons (Fsp3) is 0.625. The van der Waals surface area contributed by atoms with Crippen LogP contribution in [0.15, 0.2) is 10.1 Å². The highest BCUT2D eigenvalue weighted by atomic mass is 35.5. The van der Waals surface area contributed by atoms with Crippen LogP contribution in [0.1, 0.15) is 20.8 Å². The summed E-state index contributed by atoms with van der Waals surface area (Å²) >= 11 is 12.9. The smallest absolute Gasteiger partial charge is 0.352 e. The molecule has 0 radical (unpaired) electrons. The van der Waals surface area contributed by atoms with E-state index in [9.17, 15) is 4.79 Å². The van der Waals surface area contributed by atoms with E-state index in [1.165, 1.54) is 11.8 Å². The van der Waals surface area contributed by atoms with Gasteiger partial charge in [0.05, 0.1) is 5.03 Å². The van der Waals surface area contributed by atoms with Gasteiger partial charge in [-0.25, -0.2) is 4.79 Å². The van der Waals surface area contributed by atoms with Crippen molar-refractivity contribution in [3.8, 4) is 0 Å². The van der Waals surface area contributed by atoms with Gasteiger partial charge in [0.1, 0.15) is 5.03 Å². The summed E-state index contributed by atoms with van der Waals surface area (Å²) in [5.74, 6) is -0.534. The Bertz CT molecular complexity index is 268. The summed E-state index contributed by atoms with van der Waals surface area (Å²) in [5, 5.41) is 0.301. The standard InChI is InChI=1S/C8H10Cl2O2S/c1-8(2,3)13-7-5(10)4(9)6(11)12-7/h7H,1-3H3. The molecular formula is C8H10Cl2O2S. The van der Waals surface area contributed by atoms with Crippen molar-refractivity contribution in [1.29, 1.82) is 0 Å². The van der Waals surface area contributed by atoms with Crippen molar-refractivity contribution in [3.05, 3.63) is 10.1 Å². The lowest BCUT2D eigenvalue weighted by Crippen LogP contribution is -2.16. The maximum absolute atomic E-state index is 11.0. The largest absolute Gasteiger partial charge is 0.441 e. The highest BCUT2D eigenvalue weighted by molar-refractivity contribution is 8.01. The predicted octanol–water partition coefficient (Wildman–Crippen LogP) is 3.09. The highest BCUT2D eigenvalue weighted by Crippen LogP contribution is 2.40. The van der Waals surface area contributed by atoms with E-state index < -0.39 is 11.4 Å². The predicted molar refractivity (Wildman–Crippen MR) is 56.0 cm³/mol. The Morgan fingerprint density at radius 1 is 1.38 bits per heavy atom. The lowest BCUT2D eigenvalue weighted by atomic mass is 10.3. The van der Waals surface area contributed by atoms with Crippen LogP contribution in [0.5, 0.6) is 0 Å². The minimum atomic E-state index is -0.534. The molecule has 0 saturated heterocycles. The van der Waals surface area contributed by atoms with Gasteiger partial charge in [0.2, 0.25) is 0 Å². The Morgan fingerprint density at radius 3 is 2.23 bits per heavy atom. The number of hydrogen-bond donors (Lipinski definition) is 0. The summed E-state index contributed by atoms with van der Waals surface area (Å²) in [6, 6.07) is 0. The molecule has 1 aliphatic rings. The maximum atomic E-state index is 11.0.